The smallest absolute Gasteiger partial charge is 0.264 e. The first-order valence-electron chi connectivity index (χ1n) is 7.03. The van der Waals surface area contributed by atoms with Gasteiger partial charge < -0.3 is 9.64 Å². The van der Waals surface area contributed by atoms with Gasteiger partial charge in [0.2, 0.25) is 0 Å². The number of hydrogen-bond acceptors (Lipinski definition) is 3. The maximum atomic E-state index is 5.90. The van der Waals surface area contributed by atoms with E-state index in [1.165, 1.54) is 4.90 Å². The van der Waals surface area contributed by atoms with Gasteiger partial charge in [-0.2, -0.15) is 0 Å². The third kappa shape index (κ3) is 4.48. The number of rotatable bonds is 5. The Balaban J connectivity index is 2.15. The van der Waals surface area contributed by atoms with E-state index in [0.717, 1.165) is 23.7 Å². The Kier molecular flexibility index (Phi) is 6.08. The Bertz CT molecular complexity index is 582. The third-order valence-corrected chi connectivity index (χ3v) is 4.45. The molecule has 0 amide bonds. The average Bonchev–Trinajstić information content (AvgIpc) is 2.51. The highest BCUT2D eigenvalue weighted by atomic mass is 32.2. The number of benzene rings is 2. The second-order valence-corrected chi connectivity index (χ2v) is 5.87. The van der Waals surface area contributed by atoms with E-state index in [1.807, 2.05) is 41.3 Å². The average molecular weight is 317 g/mol. The van der Waals surface area contributed by atoms with Gasteiger partial charge in [-0.1, -0.05) is 42.1 Å². The van der Waals surface area contributed by atoms with Crippen LogP contribution in [0.3, 0.4) is 0 Å². The molecule has 0 heterocycles. The Morgan fingerprint density at radius 2 is 1.62 bits per heavy atom. The zero-order chi connectivity index (χ0) is 15.1. The number of para-hydroxylation sites is 1. The maximum Gasteiger partial charge on any atom is 0.264 e. The lowest BCUT2D eigenvalue weighted by Crippen LogP contribution is -2.32. The van der Waals surface area contributed by atoms with Crippen molar-refractivity contribution in [3.8, 4) is 5.75 Å². The molecule has 2 aromatic carbocycles. The Morgan fingerprint density at radius 1 is 1.00 bits per heavy atom. The summed E-state index contributed by atoms with van der Waals surface area (Å²) in [5.74, 6) is 0.809. The van der Waals surface area contributed by atoms with E-state index in [9.17, 15) is 0 Å². The Hall–Kier alpha value is -1.52. The summed E-state index contributed by atoms with van der Waals surface area (Å²) in [6.45, 7) is 5.85. The molecule has 0 aromatic heterocycles. The third-order valence-electron chi connectivity index (χ3n) is 3.04. The molecule has 110 valence electrons. The van der Waals surface area contributed by atoms with Crippen molar-refractivity contribution in [2.45, 2.75) is 23.6 Å². The van der Waals surface area contributed by atoms with Gasteiger partial charge in [0.05, 0.1) is 4.90 Å². The van der Waals surface area contributed by atoms with Crippen molar-refractivity contribution in [1.82, 2.24) is 4.90 Å². The molecule has 0 unspecified atom stereocenters. The second-order valence-electron chi connectivity index (χ2n) is 4.40. The normalized spacial score (nSPS) is 10.2. The molecule has 0 fully saturated rings. The molecule has 0 N–H and O–H groups in total. The van der Waals surface area contributed by atoms with Crippen LogP contribution in [0.1, 0.15) is 13.8 Å². The van der Waals surface area contributed by atoms with Gasteiger partial charge in [0, 0.05) is 18.0 Å². The van der Waals surface area contributed by atoms with Gasteiger partial charge >= 0.3 is 0 Å². The van der Waals surface area contributed by atoms with Crippen molar-refractivity contribution in [2.24, 2.45) is 0 Å². The fourth-order valence-electron chi connectivity index (χ4n) is 1.87. The summed E-state index contributed by atoms with van der Waals surface area (Å²) >= 11 is 7.05. The zero-order valence-corrected chi connectivity index (χ0v) is 13.9. The minimum absolute atomic E-state index is 0.529. The molecule has 2 rings (SSSR count). The molecule has 2 aromatic rings. The maximum absolute atomic E-state index is 5.90. The van der Waals surface area contributed by atoms with Crippen molar-refractivity contribution in [3.63, 3.8) is 0 Å². The van der Waals surface area contributed by atoms with Crippen LogP contribution in [0, 0.1) is 0 Å². The Labute approximate surface area is 136 Å². The standard InChI is InChI=1S/C17H19NOS2/c1-3-18(4-2)17(20)19-15-12-8-9-13-16(15)21-14-10-6-5-7-11-14/h5-13H,3-4H2,1-2H3. The van der Waals surface area contributed by atoms with Crippen LogP contribution >= 0.6 is 24.0 Å². The van der Waals surface area contributed by atoms with Crippen LogP contribution in [0.4, 0.5) is 0 Å². The summed E-state index contributed by atoms with van der Waals surface area (Å²) in [6.07, 6.45) is 0. The van der Waals surface area contributed by atoms with E-state index < -0.39 is 0 Å². The van der Waals surface area contributed by atoms with Crippen LogP contribution in [0.15, 0.2) is 64.4 Å². The minimum atomic E-state index is 0.529. The summed E-state index contributed by atoms with van der Waals surface area (Å²) in [6, 6.07) is 18.3. The van der Waals surface area contributed by atoms with E-state index >= 15 is 0 Å². The lowest BCUT2D eigenvalue weighted by Gasteiger charge is -2.22. The predicted octanol–water partition coefficient (Wildman–Crippen LogP) is 4.84. The first-order chi connectivity index (χ1) is 10.2. The van der Waals surface area contributed by atoms with Crippen LogP contribution in [0.25, 0.3) is 0 Å². The quantitative estimate of drug-likeness (QED) is 0.731. The molecule has 0 spiro atoms. The molecule has 0 saturated heterocycles. The number of hydrogen-bond donors (Lipinski definition) is 0. The molecule has 0 atom stereocenters. The molecular weight excluding hydrogens is 298 g/mol. The highest BCUT2D eigenvalue weighted by Crippen LogP contribution is 2.34. The lowest BCUT2D eigenvalue weighted by molar-refractivity contribution is 0.375. The highest BCUT2D eigenvalue weighted by Gasteiger charge is 2.11. The Morgan fingerprint density at radius 3 is 2.29 bits per heavy atom. The summed E-state index contributed by atoms with van der Waals surface area (Å²) in [5.41, 5.74) is 0. The van der Waals surface area contributed by atoms with Gasteiger partial charge in [-0.3, -0.25) is 0 Å². The van der Waals surface area contributed by atoms with Gasteiger partial charge in [0.15, 0.2) is 0 Å². The molecule has 0 saturated carbocycles. The molecule has 0 bridgehead atoms. The van der Waals surface area contributed by atoms with Crippen molar-refractivity contribution < 1.29 is 4.74 Å². The van der Waals surface area contributed by atoms with Gasteiger partial charge in [0.25, 0.3) is 5.17 Å². The predicted molar refractivity (Wildman–Crippen MR) is 93.2 cm³/mol. The fraction of sp³-hybridized carbons (Fsp3) is 0.235. The fourth-order valence-corrected chi connectivity index (χ4v) is 3.13. The van der Waals surface area contributed by atoms with Crippen LogP contribution in [0.2, 0.25) is 0 Å². The van der Waals surface area contributed by atoms with Crippen molar-refractivity contribution in [3.05, 3.63) is 54.6 Å². The largest absolute Gasteiger partial charge is 0.431 e. The molecule has 0 aliphatic heterocycles. The SMILES string of the molecule is CCN(CC)C(=S)Oc1ccccc1Sc1ccccc1. The first-order valence-corrected chi connectivity index (χ1v) is 8.25. The minimum Gasteiger partial charge on any atom is -0.431 e. The second kappa shape index (κ2) is 8.05. The number of thiocarbonyl (C=S) groups is 1. The first kappa shape index (κ1) is 15.9. The summed E-state index contributed by atoms with van der Waals surface area (Å²) < 4.78 is 5.90. The monoisotopic (exact) mass is 317 g/mol. The van der Waals surface area contributed by atoms with Crippen LogP contribution in [0.5, 0.6) is 5.75 Å². The topological polar surface area (TPSA) is 12.5 Å². The van der Waals surface area contributed by atoms with Crippen molar-refractivity contribution >= 4 is 29.2 Å². The van der Waals surface area contributed by atoms with E-state index in [-0.39, 0.29) is 0 Å². The number of ether oxygens (including phenoxy) is 1. The van der Waals surface area contributed by atoms with Crippen molar-refractivity contribution in [1.29, 1.82) is 0 Å². The molecule has 21 heavy (non-hydrogen) atoms. The van der Waals surface area contributed by atoms with Gasteiger partial charge in [-0.15, -0.1) is 0 Å². The molecule has 2 nitrogen and oxygen atoms in total. The van der Waals surface area contributed by atoms with E-state index in [0.29, 0.717) is 5.17 Å². The molecule has 4 heteroatoms. The molecule has 0 aliphatic rings. The molecule has 0 aliphatic carbocycles. The van der Waals surface area contributed by atoms with E-state index in [4.69, 9.17) is 17.0 Å². The summed E-state index contributed by atoms with van der Waals surface area (Å²) in [4.78, 5) is 4.28. The summed E-state index contributed by atoms with van der Waals surface area (Å²) in [5, 5.41) is 0.529. The lowest BCUT2D eigenvalue weighted by atomic mass is 10.3. The van der Waals surface area contributed by atoms with Gasteiger partial charge in [-0.25, -0.2) is 0 Å². The summed E-state index contributed by atoms with van der Waals surface area (Å²) in [7, 11) is 0. The van der Waals surface area contributed by atoms with Crippen LogP contribution in [-0.2, 0) is 0 Å². The highest BCUT2D eigenvalue weighted by molar-refractivity contribution is 7.99. The van der Waals surface area contributed by atoms with Gasteiger partial charge in [0.1, 0.15) is 5.75 Å². The number of nitrogens with zero attached hydrogens (tertiary/aromatic N) is 1. The zero-order valence-electron chi connectivity index (χ0n) is 12.3. The van der Waals surface area contributed by atoms with Crippen molar-refractivity contribution in [2.75, 3.05) is 13.1 Å². The van der Waals surface area contributed by atoms with E-state index in [1.54, 1.807) is 11.8 Å². The van der Waals surface area contributed by atoms with Crippen LogP contribution < -0.4 is 4.74 Å². The van der Waals surface area contributed by atoms with E-state index in [2.05, 4.69) is 32.0 Å². The molecular formula is C17H19NOS2. The van der Waals surface area contributed by atoms with Gasteiger partial charge in [-0.05, 0) is 50.3 Å². The molecule has 0 radical (unpaired) electrons. The van der Waals surface area contributed by atoms with Crippen LogP contribution in [-0.4, -0.2) is 23.2 Å².